The third kappa shape index (κ3) is 4.98. The highest BCUT2D eigenvalue weighted by atomic mass is 32.2. The van der Waals surface area contributed by atoms with Crippen molar-refractivity contribution in [1.29, 1.82) is 5.26 Å². The molecule has 1 amide bonds. The lowest BCUT2D eigenvalue weighted by Gasteiger charge is -2.30. The molecule has 0 radical (unpaired) electrons. The molecule has 1 atom stereocenters. The topological polar surface area (TPSA) is 134 Å². The molecule has 2 aromatic rings. The summed E-state index contributed by atoms with van der Waals surface area (Å²) >= 11 is 0. The molecule has 3 rings (SSSR count). The second-order valence-electron chi connectivity index (χ2n) is 7.64. The Bertz CT molecular complexity index is 1140. The zero-order chi connectivity index (χ0) is 23.5. The molecule has 0 saturated carbocycles. The third-order valence-electron chi connectivity index (χ3n) is 5.45. The van der Waals surface area contributed by atoms with Crippen molar-refractivity contribution in [3.8, 4) is 6.07 Å². The number of carbonyl (C=O) groups is 2. The average molecular weight is 460 g/mol. The van der Waals surface area contributed by atoms with Gasteiger partial charge in [-0.1, -0.05) is 12.1 Å². The summed E-state index contributed by atoms with van der Waals surface area (Å²) in [6.07, 6.45) is 0.980. The number of piperidine rings is 1. The summed E-state index contributed by atoms with van der Waals surface area (Å²) in [4.78, 5) is 29.0. The Morgan fingerprint density at radius 1 is 1.28 bits per heavy atom. The molecule has 10 nitrogen and oxygen atoms in total. The van der Waals surface area contributed by atoms with Gasteiger partial charge in [-0.25, -0.2) is 13.4 Å². The first kappa shape index (κ1) is 23.4. The molecule has 32 heavy (non-hydrogen) atoms. The van der Waals surface area contributed by atoms with Crippen LogP contribution < -0.4 is 5.32 Å². The molecule has 0 aliphatic carbocycles. The maximum atomic E-state index is 12.8. The number of carbonyl (C=O) groups excluding carboxylic acids is 2. The van der Waals surface area contributed by atoms with E-state index in [4.69, 9.17) is 10.00 Å². The Balaban J connectivity index is 1.55. The molecular weight excluding hydrogens is 434 g/mol. The van der Waals surface area contributed by atoms with Crippen LogP contribution in [0.15, 0.2) is 35.5 Å². The smallest absolute Gasteiger partial charge is 0.309 e. The lowest BCUT2D eigenvalue weighted by Crippen LogP contribution is -2.41. The quantitative estimate of drug-likeness (QED) is 0.648. The summed E-state index contributed by atoms with van der Waals surface area (Å²) in [5, 5.41) is 11.7. The highest BCUT2D eigenvalue weighted by Gasteiger charge is 2.35. The molecule has 1 aromatic heterocycles. The molecule has 1 aliphatic rings. The fourth-order valence-corrected chi connectivity index (χ4v) is 4.86. The van der Waals surface area contributed by atoms with E-state index in [-0.39, 0.29) is 31.0 Å². The summed E-state index contributed by atoms with van der Waals surface area (Å²) in [6.45, 7) is 3.49. The van der Waals surface area contributed by atoms with E-state index in [1.54, 1.807) is 42.8 Å². The Labute approximate surface area is 186 Å². The van der Waals surface area contributed by atoms with Crippen molar-refractivity contribution in [3.63, 3.8) is 0 Å². The Morgan fingerprint density at radius 3 is 2.53 bits per heavy atom. The van der Waals surface area contributed by atoms with Crippen molar-refractivity contribution < 1.29 is 22.7 Å². The van der Waals surface area contributed by atoms with Crippen molar-refractivity contribution >= 4 is 27.6 Å². The summed E-state index contributed by atoms with van der Waals surface area (Å²) in [5.41, 5.74) is 0.641. The van der Waals surface area contributed by atoms with Gasteiger partial charge < -0.3 is 14.6 Å². The Hall–Kier alpha value is -3.23. The van der Waals surface area contributed by atoms with Crippen LogP contribution >= 0.6 is 0 Å². The number of sulfonamides is 1. The van der Waals surface area contributed by atoms with Crippen molar-refractivity contribution in [3.05, 3.63) is 41.9 Å². The van der Waals surface area contributed by atoms with Crippen LogP contribution in [-0.4, -0.2) is 53.3 Å². The van der Waals surface area contributed by atoms with Crippen molar-refractivity contribution in [2.45, 2.75) is 37.8 Å². The number of aromatic nitrogens is 2. The highest BCUT2D eigenvalue weighted by molar-refractivity contribution is 7.89. The van der Waals surface area contributed by atoms with E-state index < -0.39 is 33.9 Å². The number of anilines is 1. The molecule has 1 unspecified atom stereocenters. The summed E-state index contributed by atoms with van der Waals surface area (Å²) < 4.78 is 33.8. The van der Waals surface area contributed by atoms with Gasteiger partial charge in [0.25, 0.3) is 15.9 Å². The number of para-hydroxylation sites is 1. The molecule has 1 fully saturated rings. The minimum absolute atomic E-state index is 0.0125. The molecule has 11 heteroatoms. The van der Waals surface area contributed by atoms with E-state index in [0.29, 0.717) is 17.1 Å². The zero-order valence-corrected chi connectivity index (χ0v) is 18.9. The second-order valence-corrected chi connectivity index (χ2v) is 9.53. The number of imidazole rings is 1. The number of esters is 1. The van der Waals surface area contributed by atoms with Crippen LogP contribution in [0.2, 0.25) is 0 Å². The first-order valence-corrected chi connectivity index (χ1v) is 11.6. The van der Waals surface area contributed by atoms with Gasteiger partial charge in [0.15, 0.2) is 11.1 Å². The summed E-state index contributed by atoms with van der Waals surface area (Å²) in [6, 6.07) is 8.50. The average Bonchev–Trinajstić information content (AvgIpc) is 3.13. The molecule has 1 N–H and O–H groups in total. The first-order valence-electron chi connectivity index (χ1n) is 10.1. The van der Waals surface area contributed by atoms with Crippen LogP contribution in [0.4, 0.5) is 5.69 Å². The number of hydrogen-bond donors (Lipinski definition) is 1. The van der Waals surface area contributed by atoms with Gasteiger partial charge >= 0.3 is 5.97 Å². The van der Waals surface area contributed by atoms with E-state index in [2.05, 4.69) is 10.3 Å². The van der Waals surface area contributed by atoms with Crippen LogP contribution in [0.3, 0.4) is 0 Å². The van der Waals surface area contributed by atoms with Crippen molar-refractivity contribution in [2.24, 2.45) is 13.0 Å². The minimum atomic E-state index is -3.73. The number of aryl methyl sites for hydroxylation is 2. The largest absolute Gasteiger partial charge is 0.452 e. The van der Waals surface area contributed by atoms with E-state index in [9.17, 15) is 18.0 Å². The molecular formula is C21H25N5O5S. The predicted octanol–water partition coefficient (Wildman–Crippen LogP) is 1.57. The number of benzene rings is 1. The lowest BCUT2D eigenvalue weighted by molar-refractivity contribution is -0.158. The monoisotopic (exact) mass is 459 g/mol. The highest BCUT2D eigenvalue weighted by Crippen LogP contribution is 2.25. The number of ether oxygens (including phenoxy) is 1. The van der Waals surface area contributed by atoms with E-state index in [0.717, 1.165) is 0 Å². The maximum absolute atomic E-state index is 12.8. The zero-order valence-electron chi connectivity index (χ0n) is 18.1. The molecule has 1 aromatic carbocycles. The van der Waals surface area contributed by atoms with Gasteiger partial charge in [-0.3, -0.25) is 9.59 Å². The minimum Gasteiger partial charge on any atom is -0.452 e. The Morgan fingerprint density at radius 2 is 1.94 bits per heavy atom. The molecule has 0 spiro atoms. The van der Waals surface area contributed by atoms with Crippen LogP contribution in [0, 0.1) is 24.2 Å². The van der Waals surface area contributed by atoms with Gasteiger partial charge in [0.2, 0.25) is 0 Å². The molecule has 170 valence electrons. The Kier molecular flexibility index (Phi) is 6.96. The van der Waals surface area contributed by atoms with Gasteiger partial charge in [0, 0.05) is 26.3 Å². The standard InChI is InChI=1S/C21H25N5O5S/c1-14(20(27)24-18-7-5-4-6-17(18)12-22)31-21(28)16-8-10-26(11-9-16)32(29,30)19-13-25(3)15(2)23-19/h4-7,13-14,16H,8-11H2,1-3H3,(H,24,27). The normalized spacial score (nSPS) is 16.2. The number of nitriles is 1. The summed E-state index contributed by atoms with van der Waals surface area (Å²) in [7, 11) is -2.01. The predicted molar refractivity (Wildman–Crippen MR) is 115 cm³/mol. The number of nitrogens with one attached hydrogen (secondary N) is 1. The molecule has 0 bridgehead atoms. The van der Waals surface area contributed by atoms with Gasteiger partial charge in [0.05, 0.1) is 17.2 Å². The number of amides is 1. The number of nitrogens with zero attached hydrogens (tertiary/aromatic N) is 4. The van der Waals surface area contributed by atoms with E-state index >= 15 is 0 Å². The van der Waals surface area contributed by atoms with Crippen LogP contribution in [-0.2, 0) is 31.4 Å². The van der Waals surface area contributed by atoms with Crippen LogP contribution in [0.1, 0.15) is 31.2 Å². The van der Waals surface area contributed by atoms with Crippen molar-refractivity contribution in [2.75, 3.05) is 18.4 Å². The van der Waals surface area contributed by atoms with E-state index in [1.807, 2.05) is 6.07 Å². The van der Waals surface area contributed by atoms with Gasteiger partial charge in [-0.2, -0.15) is 9.57 Å². The van der Waals surface area contributed by atoms with Crippen LogP contribution in [0.5, 0.6) is 0 Å². The maximum Gasteiger partial charge on any atom is 0.309 e. The van der Waals surface area contributed by atoms with Gasteiger partial charge in [-0.15, -0.1) is 0 Å². The summed E-state index contributed by atoms with van der Waals surface area (Å²) in [5.74, 6) is -1.02. The second kappa shape index (κ2) is 9.50. The molecule has 1 aliphatic heterocycles. The number of hydrogen-bond acceptors (Lipinski definition) is 7. The first-order chi connectivity index (χ1) is 15.1. The SMILES string of the molecule is Cc1nc(S(=O)(=O)N2CCC(C(=O)OC(C)C(=O)Nc3ccccc3C#N)CC2)cn1C. The van der Waals surface area contributed by atoms with Gasteiger partial charge in [-0.05, 0) is 38.8 Å². The fraction of sp³-hybridized carbons (Fsp3) is 0.429. The molecule has 2 heterocycles. The van der Waals surface area contributed by atoms with Crippen molar-refractivity contribution in [1.82, 2.24) is 13.9 Å². The molecule has 1 saturated heterocycles. The third-order valence-corrected chi connectivity index (χ3v) is 7.22. The fourth-order valence-electron chi connectivity index (χ4n) is 3.36. The van der Waals surface area contributed by atoms with Gasteiger partial charge in [0.1, 0.15) is 11.9 Å². The van der Waals surface area contributed by atoms with Crippen LogP contribution in [0.25, 0.3) is 0 Å². The number of rotatable bonds is 6. The lowest BCUT2D eigenvalue weighted by atomic mass is 9.98. The van der Waals surface area contributed by atoms with E-state index in [1.165, 1.54) is 17.4 Å².